The van der Waals surface area contributed by atoms with Crippen LogP contribution in [0.25, 0.3) is 0 Å². The molecule has 0 unspecified atom stereocenters. The van der Waals surface area contributed by atoms with Crippen LogP contribution in [0.1, 0.15) is 21.7 Å². The monoisotopic (exact) mass is 278 g/mol. The molecule has 0 aliphatic rings. The molecule has 0 spiro atoms. The van der Waals surface area contributed by atoms with E-state index in [1.54, 1.807) is 17.9 Å². The van der Waals surface area contributed by atoms with Crippen LogP contribution in [0.4, 0.5) is 5.69 Å². The lowest BCUT2D eigenvalue weighted by atomic mass is 10.2. The molecule has 106 valence electrons. The maximum atomic E-state index is 12.0. The first-order valence-electron chi connectivity index (χ1n) is 5.84. The largest absolute Gasteiger partial charge is 0.346 e. The topological polar surface area (TPSA) is 108 Å². The number of nitrogens with one attached hydrogen (secondary N) is 1. The lowest BCUT2D eigenvalue weighted by molar-refractivity contribution is -0.385. The molecular weight excluding hydrogens is 264 g/mol. The van der Waals surface area contributed by atoms with Gasteiger partial charge in [-0.2, -0.15) is 10.2 Å². The van der Waals surface area contributed by atoms with Crippen molar-refractivity contribution in [2.45, 2.75) is 13.5 Å². The predicted molar refractivity (Wildman–Crippen MR) is 69.0 cm³/mol. The molecule has 0 saturated heterocycles. The van der Waals surface area contributed by atoms with Gasteiger partial charge in [0.25, 0.3) is 5.91 Å². The highest BCUT2D eigenvalue weighted by Crippen LogP contribution is 2.16. The zero-order valence-electron chi connectivity index (χ0n) is 11.3. The summed E-state index contributed by atoms with van der Waals surface area (Å²) in [5.41, 5.74) is 1.26. The van der Waals surface area contributed by atoms with Crippen LogP contribution >= 0.6 is 0 Å². The number of aryl methyl sites for hydroxylation is 2. The Morgan fingerprint density at radius 2 is 2.20 bits per heavy atom. The Morgan fingerprint density at radius 3 is 2.75 bits per heavy atom. The highest BCUT2D eigenvalue weighted by molar-refractivity contribution is 5.95. The van der Waals surface area contributed by atoms with Crippen molar-refractivity contribution in [3.05, 3.63) is 39.5 Å². The fourth-order valence-corrected chi connectivity index (χ4v) is 1.75. The van der Waals surface area contributed by atoms with Gasteiger partial charge in [0.1, 0.15) is 6.20 Å². The van der Waals surface area contributed by atoms with Gasteiger partial charge in [0.2, 0.25) is 5.69 Å². The Kier molecular flexibility index (Phi) is 3.51. The Labute approximate surface area is 114 Å². The minimum atomic E-state index is -0.628. The number of nitro groups is 1. The molecule has 1 amide bonds. The molecule has 1 N–H and O–H groups in total. The van der Waals surface area contributed by atoms with E-state index >= 15 is 0 Å². The van der Waals surface area contributed by atoms with E-state index in [9.17, 15) is 14.9 Å². The Bertz CT molecular complexity index is 672. The van der Waals surface area contributed by atoms with Gasteiger partial charge in [0.05, 0.1) is 11.1 Å². The van der Waals surface area contributed by atoms with Crippen molar-refractivity contribution in [2.75, 3.05) is 0 Å². The first kappa shape index (κ1) is 13.7. The average Bonchev–Trinajstić information content (AvgIpc) is 2.92. The molecule has 9 nitrogen and oxygen atoms in total. The van der Waals surface area contributed by atoms with Gasteiger partial charge in [0, 0.05) is 31.9 Å². The summed E-state index contributed by atoms with van der Waals surface area (Å²) in [6, 6.07) is 0. The summed E-state index contributed by atoms with van der Waals surface area (Å²) in [4.78, 5) is 22.2. The molecule has 2 aromatic heterocycles. The quantitative estimate of drug-likeness (QED) is 0.639. The summed E-state index contributed by atoms with van der Waals surface area (Å²) in [6.45, 7) is 2.12. The molecule has 0 aliphatic heterocycles. The number of aromatic nitrogens is 4. The predicted octanol–water partition coefficient (Wildman–Crippen LogP) is 0.300. The third-order valence-corrected chi connectivity index (χ3v) is 3.00. The van der Waals surface area contributed by atoms with E-state index in [0.717, 1.165) is 11.3 Å². The van der Waals surface area contributed by atoms with E-state index in [1.165, 1.54) is 17.9 Å². The van der Waals surface area contributed by atoms with Crippen LogP contribution in [0.2, 0.25) is 0 Å². The smallest absolute Gasteiger partial charge is 0.320 e. The van der Waals surface area contributed by atoms with Gasteiger partial charge in [0.15, 0.2) is 0 Å². The number of hydrogen-bond donors (Lipinski definition) is 1. The summed E-state index contributed by atoms with van der Waals surface area (Å²) >= 11 is 0. The van der Waals surface area contributed by atoms with E-state index < -0.39 is 10.8 Å². The summed E-state index contributed by atoms with van der Waals surface area (Å²) < 4.78 is 2.92. The molecule has 9 heteroatoms. The van der Waals surface area contributed by atoms with Crippen LogP contribution in [0.3, 0.4) is 0 Å². The van der Waals surface area contributed by atoms with E-state index in [1.807, 2.05) is 6.92 Å². The minimum absolute atomic E-state index is 0.195. The van der Waals surface area contributed by atoms with Crippen molar-refractivity contribution in [2.24, 2.45) is 14.1 Å². The van der Waals surface area contributed by atoms with E-state index in [4.69, 9.17) is 0 Å². The minimum Gasteiger partial charge on any atom is -0.346 e. The van der Waals surface area contributed by atoms with Gasteiger partial charge in [-0.15, -0.1) is 0 Å². The number of rotatable bonds is 4. The molecule has 0 atom stereocenters. The molecule has 0 radical (unpaired) electrons. The normalized spacial score (nSPS) is 10.6. The molecule has 0 fully saturated rings. The zero-order chi connectivity index (χ0) is 14.9. The molecule has 0 aliphatic carbocycles. The van der Waals surface area contributed by atoms with Crippen molar-refractivity contribution in [1.82, 2.24) is 24.9 Å². The van der Waals surface area contributed by atoms with Gasteiger partial charge in [-0.05, 0) is 6.92 Å². The van der Waals surface area contributed by atoms with Gasteiger partial charge in [-0.3, -0.25) is 24.3 Å². The van der Waals surface area contributed by atoms with Gasteiger partial charge in [-0.1, -0.05) is 0 Å². The van der Waals surface area contributed by atoms with Crippen LogP contribution in [0.15, 0.2) is 12.4 Å². The second-order valence-corrected chi connectivity index (χ2v) is 4.36. The standard InChI is InChI=1S/C11H14N6O3/c1-7-8(5-13-16(7)3)4-12-11(18)10-9(17(19)20)6-15(2)14-10/h5-6H,4H2,1-3H3,(H,12,18). The van der Waals surface area contributed by atoms with Crippen molar-refractivity contribution < 1.29 is 9.72 Å². The lowest BCUT2D eigenvalue weighted by Crippen LogP contribution is -2.24. The molecule has 2 rings (SSSR count). The zero-order valence-corrected chi connectivity index (χ0v) is 11.3. The van der Waals surface area contributed by atoms with Gasteiger partial charge < -0.3 is 5.32 Å². The first-order chi connectivity index (χ1) is 9.40. The number of carbonyl (C=O) groups is 1. The maximum Gasteiger partial charge on any atom is 0.320 e. The Morgan fingerprint density at radius 1 is 1.50 bits per heavy atom. The number of hydrogen-bond acceptors (Lipinski definition) is 5. The van der Waals surface area contributed by atoms with E-state index in [2.05, 4.69) is 15.5 Å². The van der Waals surface area contributed by atoms with Gasteiger partial charge >= 0.3 is 5.69 Å². The number of nitrogens with zero attached hydrogens (tertiary/aromatic N) is 5. The first-order valence-corrected chi connectivity index (χ1v) is 5.84. The van der Waals surface area contributed by atoms with Gasteiger partial charge in [-0.25, -0.2) is 0 Å². The maximum absolute atomic E-state index is 12.0. The number of amides is 1. The third-order valence-electron chi connectivity index (χ3n) is 3.00. The molecular formula is C11H14N6O3. The third kappa shape index (κ3) is 2.51. The molecule has 20 heavy (non-hydrogen) atoms. The molecule has 0 bridgehead atoms. The SMILES string of the molecule is Cc1c(CNC(=O)c2nn(C)cc2[N+](=O)[O-])cnn1C. The van der Waals surface area contributed by atoms with E-state index in [0.29, 0.717) is 0 Å². The Balaban J connectivity index is 2.13. The van der Waals surface area contributed by atoms with Crippen molar-refractivity contribution in [3.8, 4) is 0 Å². The number of carbonyl (C=O) groups excluding carboxylic acids is 1. The fourth-order valence-electron chi connectivity index (χ4n) is 1.75. The molecule has 2 aromatic rings. The second kappa shape index (κ2) is 5.11. The average molecular weight is 278 g/mol. The summed E-state index contributed by atoms with van der Waals surface area (Å²) in [6.07, 6.45) is 2.84. The highest BCUT2D eigenvalue weighted by atomic mass is 16.6. The Hall–Kier alpha value is -2.71. The van der Waals surface area contributed by atoms with Crippen LogP contribution in [-0.4, -0.2) is 30.4 Å². The summed E-state index contributed by atoms with van der Waals surface area (Å²) in [5, 5.41) is 21.3. The van der Waals surface area contributed by atoms with Crippen molar-refractivity contribution in [3.63, 3.8) is 0 Å². The molecule has 0 saturated carbocycles. The fraction of sp³-hybridized carbons (Fsp3) is 0.364. The lowest BCUT2D eigenvalue weighted by Gasteiger charge is -2.02. The summed E-state index contributed by atoms with van der Waals surface area (Å²) in [7, 11) is 3.32. The van der Waals surface area contributed by atoms with E-state index in [-0.39, 0.29) is 17.9 Å². The second-order valence-electron chi connectivity index (χ2n) is 4.36. The summed E-state index contributed by atoms with van der Waals surface area (Å²) in [5.74, 6) is -0.583. The van der Waals surface area contributed by atoms with Crippen LogP contribution in [0, 0.1) is 17.0 Å². The van der Waals surface area contributed by atoms with Crippen molar-refractivity contribution in [1.29, 1.82) is 0 Å². The van der Waals surface area contributed by atoms with Crippen molar-refractivity contribution >= 4 is 11.6 Å². The van der Waals surface area contributed by atoms with Crippen LogP contribution < -0.4 is 5.32 Å². The van der Waals surface area contributed by atoms with Crippen LogP contribution in [0.5, 0.6) is 0 Å². The molecule has 0 aromatic carbocycles. The van der Waals surface area contributed by atoms with Crippen LogP contribution in [-0.2, 0) is 20.6 Å². The highest BCUT2D eigenvalue weighted by Gasteiger charge is 2.24. The molecule has 2 heterocycles.